The molecule has 3 N–H and O–H groups in total. The van der Waals surface area contributed by atoms with Gasteiger partial charge in [-0.25, -0.2) is 4.98 Å². The van der Waals surface area contributed by atoms with E-state index in [4.69, 9.17) is 16.1 Å². The number of fused-ring (bicyclic) bond motifs is 1. The Hall–Kier alpha value is -2.15. The molecule has 2 heterocycles. The minimum absolute atomic E-state index is 0.109. The maximum absolute atomic E-state index is 7.67. The van der Waals surface area contributed by atoms with Gasteiger partial charge >= 0.3 is 0 Å². The molecule has 0 fully saturated rings. The number of thiophene rings is 1. The lowest BCUT2D eigenvalue weighted by molar-refractivity contribution is 1.40. The first-order valence-corrected chi connectivity index (χ1v) is 10.6. The van der Waals surface area contributed by atoms with E-state index in [0.717, 1.165) is 30.9 Å². The number of amidine groups is 1. The molecule has 0 aliphatic rings. The van der Waals surface area contributed by atoms with Crippen molar-refractivity contribution < 1.29 is 0 Å². The van der Waals surface area contributed by atoms with Gasteiger partial charge in [0.25, 0.3) is 0 Å². The van der Waals surface area contributed by atoms with Crippen LogP contribution in [0.5, 0.6) is 0 Å². The van der Waals surface area contributed by atoms with Crippen LogP contribution in [0.4, 0.5) is 0 Å². The number of benzene rings is 2. The fraction of sp³-hybridized carbons (Fsp3) is 0.0526. The Kier molecular flexibility index (Phi) is 4.33. The maximum atomic E-state index is 7.67. The van der Waals surface area contributed by atoms with Crippen molar-refractivity contribution in [3.05, 3.63) is 58.8 Å². The minimum atomic E-state index is 0.109. The number of nitrogens with one attached hydrogen (secondary N) is 1. The lowest BCUT2D eigenvalue weighted by Gasteiger charge is -2.03. The number of aromatic nitrogens is 1. The number of nitrogens with zero attached hydrogens (tertiary/aromatic N) is 1. The van der Waals surface area contributed by atoms with E-state index in [1.165, 1.54) is 10.8 Å². The third-order valence-corrected chi connectivity index (χ3v) is 7.13. The highest BCUT2D eigenvalue weighted by Gasteiger charge is 2.16. The highest BCUT2D eigenvalue weighted by Crippen LogP contribution is 2.40. The maximum Gasteiger partial charge on any atom is 0.133 e. The van der Waals surface area contributed by atoms with Crippen LogP contribution in [-0.2, 0) is 0 Å². The molecule has 0 unspecified atom stereocenters. The van der Waals surface area contributed by atoms with Crippen LogP contribution in [0.1, 0.15) is 4.88 Å². The Morgan fingerprint density at radius 1 is 1.12 bits per heavy atom. The van der Waals surface area contributed by atoms with E-state index >= 15 is 0 Å². The molecule has 2 aromatic heterocycles. The second-order valence-electron chi connectivity index (χ2n) is 5.49. The lowest BCUT2D eigenvalue weighted by Crippen LogP contribution is -2.08. The van der Waals surface area contributed by atoms with Gasteiger partial charge in [0.2, 0.25) is 0 Å². The number of nitrogen functional groups attached to an aromatic ring is 1. The summed E-state index contributed by atoms with van der Waals surface area (Å²) in [4.78, 5) is 5.68. The Bertz CT molecular complexity index is 1070. The first kappa shape index (κ1) is 16.3. The van der Waals surface area contributed by atoms with Crippen molar-refractivity contribution in [1.82, 2.24) is 4.98 Å². The van der Waals surface area contributed by atoms with Gasteiger partial charge in [-0.1, -0.05) is 42.5 Å². The van der Waals surface area contributed by atoms with Crippen LogP contribution in [0, 0.1) is 5.41 Å². The molecule has 0 bridgehead atoms. The summed E-state index contributed by atoms with van der Waals surface area (Å²) in [6.07, 6.45) is 2.04. The zero-order valence-electron chi connectivity index (χ0n) is 13.4. The normalized spacial score (nSPS) is 11.1. The second-order valence-corrected chi connectivity index (χ2v) is 8.48. The molecule has 3 nitrogen and oxygen atoms in total. The average Bonchev–Trinajstić information content (AvgIpc) is 3.28. The summed E-state index contributed by atoms with van der Waals surface area (Å²) in [6.45, 7) is 0. The lowest BCUT2D eigenvalue weighted by atomic mass is 10.0. The van der Waals surface area contributed by atoms with Crippen molar-refractivity contribution in [2.24, 2.45) is 5.73 Å². The zero-order valence-corrected chi connectivity index (χ0v) is 15.9. The number of thioether (sulfide) groups is 1. The number of hydrogen-bond donors (Lipinski definition) is 2. The summed E-state index contributed by atoms with van der Waals surface area (Å²) in [5, 5.41) is 13.2. The van der Waals surface area contributed by atoms with Gasteiger partial charge in [-0.2, -0.15) is 0 Å². The topological polar surface area (TPSA) is 62.8 Å². The van der Waals surface area contributed by atoms with Gasteiger partial charge in [0.1, 0.15) is 10.8 Å². The molecule has 0 radical (unpaired) electrons. The largest absolute Gasteiger partial charge is 0.383 e. The van der Waals surface area contributed by atoms with Gasteiger partial charge in [0, 0.05) is 16.5 Å². The van der Waals surface area contributed by atoms with E-state index in [-0.39, 0.29) is 5.84 Å². The van der Waals surface area contributed by atoms with Gasteiger partial charge in [-0.3, -0.25) is 5.41 Å². The van der Waals surface area contributed by atoms with Crippen LogP contribution in [0.15, 0.2) is 58.1 Å². The number of rotatable bonds is 4. The third-order valence-electron chi connectivity index (χ3n) is 3.95. The van der Waals surface area contributed by atoms with Crippen molar-refractivity contribution in [1.29, 1.82) is 5.41 Å². The molecule has 0 spiro atoms. The summed E-state index contributed by atoms with van der Waals surface area (Å²) in [5.41, 5.74) is 8.86. The van der Waals surface area contributed by atoms with Gasteiger partial charge in [-0.15, -0.1) is 34.4 Å². The van der Waals surface area contributed by atoms with Gasteiger partial charge in [0.15, 0.2) is 0 Å². The monoisotopic (exact) mass is 381 g/mol. The molecular weight excluding hydrogens is 366 g/mol. The molecule has 0 saturated heterocycles. The molecule has 0 aliphatic carbocycles. The summed E-state index contributed by atoms with van der Waals surface area (Å²) >= 11 is 4.85. The van der Waals surface area contributed by atoms with Gasteiger partial charge in [-0.05, 0) is 23.1 Å². The first-order chi connectivity index (χ1) is 12.2. The van der Waals surface area contributed by atoms with Crippen molar-refractivity contribution in [2.75, 3.05) is 6.26 Å². The molecule has 4 rings (SSSR count). The highest BCUT2D eigenvalue weighted by molar-refractivity contribution is 8.00. The standard InChI is InChI=1S/C19H15N3S3/c1-23-19-14(9-16(25-19)17(20)21)18-22-15(10-24-18)13-8-4-6-11-5-2-3-7-12(11)13/h2-10H,1H3,(H3,20,21). The molecule has 0 aliphatic heterocycles. The molecule has 0 amide bonds. The van der Waals surface area contributed by atoms with Crippen molar-refractivity contribution in [2.45, 2.75) is 4.21 Å². The second kappa shape index (κ2) is 6.63. The Balaban J connectivity index is 1.82. The molecular formula is C19H15N3S3. The minimum Gasteiger partial charge on any atom is -0.383 e. The van der Waals surface area contributed by atoms with Crippen LogP contribution in [0.3, 0.4) is 0 Å². The zero-order chi connectivity index (χ0) is 17.4. The van der Waals surface area contributed by atoms with Crippen LogP contribution in [-0.4, -0.2) is 17.1 Å². The Labute approximate surface area is 158 Å². The fourth-order valence-corrected chi connectivity index (χ4v) is 5.48. The Morgan fingerprint density at radius 2 is 1.92 bits per heavy atom. The van der Waals surface area contributed by atoms with Gasteiger partial charge < -0.3 is 5.73 Å². The van der Waals surface area contributed by atoms with E-state index in [1.807, 2.05) is 12.3 Å². The molecule has 6 heteroatoms. The van der Waals surface area contributed by atoms with Crippen LogP contribution >= 0.6 is 34.4 Å². The summed E-state index contributed by atoms with van der Waals surface area (Å²) in [7, 11) is 0. The van der Waals surface area contributed by atoms with Crippen molar-refractivity contribution in [3.8, 4) is 21.8 Å². The van der Waals surface area contributed by atoms with E-state index in [9.17, 15) is 0 Å². The van der Waals surface area contributed by atoms with Gasteiger partial charge in [0.05, 0.1) is 14.8 Å². The summed E-state index contributed by atoms with van der Waals surface area (Å²) in [6, 6.07) is 16.7. The van der Waals surface area contributed by atoms with E-state index in [2.05, 4.69) is 47.8 Å². The van der Waals surface area contributed by atoms with Crippen LogP contribution in [0.25, 0.3) is 32.6 Å². The molecule has 4 aromatic rings. The van der Waals surface area contributed by atoms with E-state index in [0.29, 0.717) is 0 Å². The molecule has 2 aromatic carbocycles. The third kappa shape index (κ3) is 2.97. The predicted molar refractivity (Wildman–Crippen MR) is 111 cm³/mol. The summed E-state index contributed by atoms with van der Waals surface area (Å²) < 4.78 is 1.14. The quantitative estimate of drug-likeness (QED) is 0.271. The number of thiazole rings is 1. The average molecular weight is 382 g/mol. The smallest absolute Gasteiger partial charge is 0.133 e. The molecule has 25 heavy (non-hydrogen) atoms. The van der Waals surface area contributed by atoms with Crippen LogP contribution in [0.2, 0.25) is 0 Å². The predicted octanol–water partition coefficient (Wildman–Crippen LogP) is 5.70. The van der Waals surface area contributed by atoms with E-state index < -0.39 is 0 Å². The Morgan fingerprint density at radius 3 is 2.72 bits per heavy atom. The van der Waals surface area contributed by atoms with Crippen LogP contribution < -0.4 is 5.73 Å². The molecule has 124 valence electrons. The number of nitrogens with two attached hydrogens (primary N) is 1. The highest BCUT2D eigenvalue weighted by atomic mass is 32.2. The number of hydrogen-bond acceptors (Lipinski definition) is 5. The fourth-order valence-electron chi connectivity index (χ4n) is 2.78. The first-order valence-electron chi connectivity index (χ1n) is 7.63. The van der Waals surface area contributed by atoms with Crippen molar-refractivity contribution in [3.63, 3.8) is 0 Å². The molecule has 0 saturated carbocycles. The summed E-state index contributed by atoms with van der Waals surface area (Å²) in [5.74, 6) is 0.109. The molecule has 0 atom stereocenters. The van der Waals surface area contributed by atoms with Crippen molar-refractivity contribution >= 4 is 51.0 Å². The SMILES string of the molecule is CSc1sc(C(=N)N)cc1-c1nc(-c2cccc3ccccc23)cs1. The van der Waals surface area contributed by atoms with E-state index in [1.54, 1.807) is 34.4 Å².